The summed E-state index contributed by atoms with van der Waals surface area (Å²) in [4.78, 5) is 7.02. The van der Waals surface area contributed by atoms with Crippen LogP contribution in [-0.2, 0) is 26.1 Å². The van der Waals surface area contributed by atoms with Crippen LogP contribution in [0.2, 0.25) is 0 Å². The van der Waals surface area contributed by atoms with Gasteiger partial charge in [0.2, 0.25) is 0 Å². The highest BCUT2D eigenvalue weighted by Gasteiger charge is 2.17. The highest BCUT2D eigenvalue weighted by Crippen LogP contribution is 2.17. The molecule has 0 aromatic carbocycles. The molecule has 2 aromatic heterocycles. The first-order valence-corrected chi connectivity index (χ1v) is 7.79. The minimum atomic E-state index is 0.517. The van der Waals surface area contributed by atoms with Gasteiger partial charge in [-0.1, -0.05) is 6.92 Å². The number of rotatable bonds is 3. The molecule has 3 rings (SSSR count). The third kappa shape index (κ3) is 2.74. The van der Waals surface area contributed by atoms with Gasteiger partial charge in [-0.15, -0.1) is 11.3 Å². The number of nitrogens with zero attached hydrogens (tertiary/aromatic N) is 5. The van der Waals surface area contributed by atoms with Crippen molar-refractivity contribution in [3.8, 4) is 6.07 Å². The van der Waals surface area contributed by atoms with Crippen molar-refractivity contribution in [2.45, 2.75) is 39.4 Å². The minimum absolute atomic E-state index is 0.517. The van der Waals surface area contributed by atoms with Crippen LogP contribution in [0.15, 0.2) is 11.4 Å². The summed E-state index contributed by atoms with van der Waals surface area (Å²) < 4.78 is 1.97. The summed E-state index contributed by atoms with van der Waals surface area (Å²) in [6.07, 6.45) is 2.06. The number of aryl methyl sites for hydroxylation is 2. The predicted molar refractivity (Wildman–Crippen MR) is 77.2 cm³/mol. The van der Waals surface area contributed by atoms with Crippen LogP contribution >= 0.6 is 11.3 Å². The van der Waals surface area contributed by atoms with Gasteiger partial charge >= 0.3 is 0 Å². The highest BCUT2D eigenvalue weighted by atomic mass is 32.1. The Morgan fingerprint density at radius 3 is 3.10 bits per heavy atom. The number of hydrogen-bond acceptors (Lipinski definition) is 5. The maximum Gasteiger partial charge on any atom is 0.162 e. The third-order valence-electron chi connectivity index (χ3n) is 3.50. The van der Waals surface area contributed by atoms with E-state index in [4.69, 9.17) is 5.26 Å². The molecular formula is C14H17N5S. The summed E-state index contributed by atoms with van der Waals surface area (Å²) in [5.41, 5.74) is 2.80. The zero-order valence-corrected chi connectivity index (χ0v) is 12.4. The lowest BCUT2D eigenvalue weighted by atomic mass is 10.3. The van der Waals surface area contributed by atoms with Gasteiger partial charge in [0.25, 0.3) is 0 Å². The lowest BCUT2D eigenvalue weighted by Crippen LogP contribution is -2.22. The standard InChI is InChI=1S/C14H17N5S/c1-2-14-16-12(10-20-14)8-18-4-3-5-19-13(9-18)6-11(7-15)17-19/h6,10H,2-5,8-9H2,1H3. The number of thiazole rings is 1. The van der Waals surface area contributed by atoms with Crippen molar-refractivity contribution in [1.29, 1.82) is 5.26 Å². The minimum Gasteiger partial charge on any atom is -0.292 e. The van der Waals surface area contributed by atoms with Crippen molar-refractivity contribution in [2.24, 2.45) is 0 Å². The second-order valence-electron chi connectivity index (χ2n) is 5.01. The second kappa shape index (κ2) is 5.73. The summed E-state index contributed by atoms with van der Waals surface area (Å²) >= 11 is 1.74. The highest BCUT2D eigenvalue weighted by molar-refractivity contribution is 7.09. The van der Waals surface area contributed by atoms with Gasteiger partial charge in [-0.2, -0.15) is 10.4 Å². The van der Waals surface area contributed by atoms with Crippen molar-refractivity contribution < 1.29 is 0 Å². The molecule has 0 aliphatic carbocycles. The summed E-state index contributed by atoms with van der Waals surface area (Å²) in [6.45, 7) is 5.79. The fraction of sp³-hybridized carbons (Fsp3) is 0.500. The molecule has 0 saturated carbocycles. The molecule has 20 heavy (non-hydrogen) atoms. The van der Waals surface area contributed by atoms with E-state index in [-0.39, 0.29) is 0 Å². The van der Waals surface area contributed by atoms with Crippen LogP contribution in [-0.4, -0.2) is 26.2 Å². The number of aromatic nitrogens is 3. The molecule has 0 N–H and O–H groups in total. The Bertz CT molecular complexity index is 636. The van der Waals surface area contributed by atoms with E-state index in [1.807, 2.05) is 10.7 Å². The van der Waals surface area contributed by atoms with Crippen molar-refractivity contribution in [3.63, 3.8) is 0 Å². The lowest BCUT2D eigenvalue weighted by Gasteiger charge is -2.17. The molecule has 0 spiro atoms. The fourth-order valence-corrected chi connectivity index (χ4v) is 3.27. The first-order valence-electron chi connectivity index (χ1n) is 6.91. The zero-order chi connectivity index (χ0) is 13.9. The first-order chi connectivity index (χ1) is 9.78. The van der Waals surface area contributed by atoms with Gasteiger partial charge in [-0.3, -0.25) is 9.58 Å². The van der Waals surface area contributed by atoms with Gasteiger partial charge in [0.1, 0.15) is 6.07 Å². The first kappa shape index (κ1) is 13.3. The van der Waals surface area contributed by atoms with Crippen molar-refractivity contribution in [2.75, 3.05) is 6.54 Å². The molecule has 0 fully saturated rings. The van der Waals surface area contributed by atoms with Crippen LogP contribution < -0.4 is 0 Å². The molecule has 104 valence electrons. The van der Waals surface area contributed by atoms with E-state index in [1.54, 1.807) is 11.3 Å². The van der Waals surface area contributed by atoms with Crippen LogP contribution in [0.4, 0.5) is 0 Å². The number of fused-ring (bicyclic) bond motifs is 1. The Balaban J connectivity index is 1.73. The summed E-state index contributed by atoms with van der Waals surface area (Å²) in [7, 11) is 0. The average molecular weight is 287 g/mol. The largest absolute Gasteiger partial charge is 0.292 e. The Labute approximate surface area is 122 Å². The SMILES string of the molecule is CCc1nc(CN2CCCn3nc(C#N)cc3C2)cs1. The molecule has 0 radical (unpaired) electrons. The van der Waals surface area contributed by atoms with Crippen LogP contribution in [0.25, 0.3) is 0 Å². The Morgan fingerprint density at radius 2 is 2.35 bits per heavy atom. The van der Waals surface area contributed by atoms with E-state index in [1.165, 1.54) is 5.01 Å². The molecule has 6 heteroatoms. The van der Waals surface area contributed by atoms with Gasteiger partial charge in [-0.25, -0.2) is 4.98 Å². The molecule has 3 heterocycles. The van der Waals surface area contributed by atoms with Gasteiger partial charge in [0.05, 0.1) is 16.4 Å². The molecule has 0 unspecified atom stereocenters. The van der Waals surface area contributed by atoms with E-state index in [0.717, 1.165) is 50.4 Å². The normalized spacial score (nSPS) is 15.6. The van der Waals surface area contributed by atoms with Crippen molar-refractivity contribution in [1.82, 2.24) is 19.7 Å². The second-order valence-corrected chi connectivity index (χ2v) is 5.95. The lowest BCUT2D eigenvalue weighted by molar-refractivity contribution is 0.258. The van der Waals surface area contributed by atoms with E-state index in [2.05, 4.69) is 33.4 Å². The van der Waals surface area contributed by atoms with E-state index in [0.29, 0.717) is 5.69 Å². The fourth-order valence-electron chi connectivity index (χ4n) is 2.53. The Kier molecular flexibility index (Phi) is 3.81. The van der Waals surface area contributed by atoms with Crippen LogP contribution in [0.3, 0.4) is 0 Å². The molecule has 1 aliphatic heterocycles. The molecule has 1 aliphatic rings. The van der Waals surface area contributed by atoms with Crippen molar-refractivity contribution in [3.05, 3.63) is 33.5 Å². The number of hydrogen-bond donors (Lipinski definition) is 0. The van der Waals surface area contributed by atoms with Gasteiger partial charge < -0.3 is 0 Å². The monoisotopic (exact) mass is 287 g/mol. The van der Waals surface area contributed by atoms with Gasteiger partial charge in [-0.05, 0) is 18.9 Å². The maximum atomic E-state index is 8.94. The molecule has 0 atom stereocenters. The Morgan fingerprint density at radius 1 is 1.45 bits per heavy atom. The van der Waals surface area contributed by atoms with E-state index < -0.39 is 0 Å². The van der Waals surface area contributed by atoms with Crippen LogP contribution in [0, 0.1) is 11.3 Å². The molecular weight excluding hydrogens is 270 g/mol. The molecule has 0 amide bonds. The Hall–Kier alpha value is -1.71. The quantitative estimate of drug-likeness (QED) is 0.868. The van der Waals surface area contributed by atoms with Gasteiger partial charge in [0.15, 0.2) is 5.69 Å². The molecule has 0 bridgehead atoms. The van der Waals surface area contributed by atoms with E-state index in [9.17, 15) is 0 Å². The summed E-state index contributed by atoms with van der Waals surface area (Å²) in [5.74, 6) is 0. The predicted octanol–water partition coefficient (Wildman–Crippen LogP) is 2.18. The average Bonchev–Trinajstić information content (AvgIpc) is 3.02. The van der Waals surface area contributed by atoms with Crippen LogP contribution in [0.1, 0.15) is 35.4 Å². The van der Waals surface area contributed by atoms with Gasteiger partial charge in [0, 0.05) is 31.6 Å². The maximum absolute atomic E-state index is 8.94. The smallest absolute Gasteiger partial charge is 0.162 e. The topological polar surface area (TPSA) is 57.7 Å². The summed E-state index contributed by atoms with van der Waals surface area (Å²) in [5, 5.41) is 16.6. The number of nitriles is 1. The molecule has 2 aromatic rings. The van der Waals surface area contributed by atoms with Crippen LogP contribution in [0.5, 0.6) is 0 Å². The molecule has 5 nitrogen and oxygen atoms in total. The summed E-state index contributed by atoms with van der Waals surface area (Å²) in [6, 6.07) is 4.02. The zero-order valence-electron chi connectivity index (χ0n) is 11.5. The van der Waals surface area contributed by atoms with Crippen molar-refractivity contribution >= 4 is 11.3 Å². The molecule has 0 saturated heterocycles. The van der Waals surface area contributed by atoms with E-state index >= 15 is 0 Å². The third-order valence-corrected chi connectivity index (χ3v) is 4.54.